The summed E-state index contributed by atoms with van der Waals surface area (Å²) in [6.45, 7) is 10.5. The van der Waals surface area contributed by atoms with Crippen molar-refractivity contribution in [2.75, 3.05) is 13.2 Å². The van der Waals surface area contributed by atoms with Gasteiger partial charge in [-0.3, -0.25) is 18.6 Å². The Kier molecular flexibility index (Phi) is 10.5. The third kappa shape index (κ3) is 8.88. The van der Waals surface area contributed by atoms with Gasteiger partial charge in [0.05, 0.1) is 37.5 Å². The molecule has 3 fully saturated rings. The van der Waals surface area contributed by atoms with Crippen molar-refractivity contribution in [1.82, 2.24) is 20.4 Å². The summed E-state index contributed by atoms with van der Waals surface area (Å²) in [5.74, 6) is -1.61. The fourth-order valence-corrected chi connectivity index (χ4v) is 6.78. The highest BCUT2D eigenvalue weighted by atomic mass is 31.2. The van der Waals surface area contributed by atoms with E-state index in [1.807, 2.05) is 0 Å². The van der Waals surface area contributed by atoms with E-state index >= 15 is 0 Å². The molecule has 18 nitrogen and oxygen atoms in total. The van der Waals surface area contributed by atoms with Crippen molar-refractivity contribution in [3.8, 4) is 0 Å². The number of nitrogens with zero attached hydrogens (tertiary/aromatic N) is 2. The molecule has 1 saturated heterocycles. The number of phosphoric acid groups is 2. The lowest BCUT2D eigenvalue weighted by molar-refractivity contribution is -0.162. The minimum Gasteiger partial charge on any atom is -0.390 e. The summed E-state index contributed by atoms with van der Waals surface area (Å²) in [5, 5.41) is 25.1. The Morgan fingerprint density at radius 2 is 1.27 bits per heavy atom. The van der Waals surface area contributed by atoms with Gasteiger partial charge in [0.2, 0.25) is 0 Å². The van der Waals surface area contributed by atoms with E-state index in [1.165, 1.54) is 23.3 Å². The molecular weight excluding hydrogens is 642 g/mol. The molecule has 2 saturated carbocycles. The van der Waals surface area contributed by atoms with Crippen LogP contribution in [-0.2, 0) is 37.2 Å². The number of aliphatic hydroxyl groups excluding tert-OH is 2. The highest BCUT2D eigenvalue weighted by Gasteiger charge is 2.56. The quantitative estimate of drug-likeness (QED) is 0.144. The smallest absolute Gasteiger partial charge is 0.390 e. The van der Waals surface area contributed by atoms with Crippen molar-refractivity contribution in [2.45, 2.75) is 69.0 Å². The molecule has 2 amide bonds. The van der Waals surface area contributed by atoms with Crippen LogP contribution in [0.25, 0.3) is 0 Å². The second kappa shape index (κ2) is 13.4. The van der Waals surface area contributed by atoms with E-state index in [4.69, 9.17) is 29.0 Å². The Morgan fingerprint density at radius 1 is 0.822 bits per heavy atom. The predicted octanol–water partition coefficient (Wildman–Crippen LogP) is -0.956. The SMILES string of the molecule is C=C1NC(=O)C=CN1[C@@H]1C[C@H](COP(=O)(O)O)[C@@H](O)C1O.C=C1NC(=O)C=CN1[C@@H]1C[C@H](COP(=O)(O)O)[C@H]2OC(C)(C)OC12. The lowest BCUT2D eigenvalue weighted by Crippen LogP contribution is -2.45. The van der Waals surface area contributed by atoms with E-state index in [9.17, 15) is 28.9 Å². The van der Waals surface area contributed by atoms with Crippen LogP contribution in [0.3, 0.4) is 0 Å². The second-order valence-electron chi connectivity index (χ2n) is 11.6. The van der Waals surface area contributed by atoms with Crippen molar-refractivity contribution in [2.24, 2.45) is 11.8 Å². The molecule has 45 heavy (non-hydrogen) atoms. The van der Waals surface area contributed by atoms with Gasteiger partial charge in [0.25, 0.3) is 11.8 Å². The Hall–Kier alpha value is -2.44. The van der Waals surface area contributed by atoms with Gasteiger partial charge in [-0.1, -0.05) is 13.2 Å². The van der Waals surface area contributed by atoms with Crippen molar-refractivity contribution in [3.05, 3.63) is 49.4 Å². The van der Waals surface area contributed by atoms with Crippen molar-refractivity contribution in [3.63, 3.8) is 0 Å². The molecular formula is C25H38N4O14P2. The van der Waals surface area contributed by atoms with Crippen LogP contribution in [0.15, 0.2) is 49.4 Å². The molecule has 3 aliphatic heterocycles. The number of hydrogen-bond acceptors (Lipinski definition) is 12. The zero-order chi connectivity index (χ0) is 33.5. The zero-order valence-electron chi connectivity index (χ0n) is 24.4. The van der Waals surface area contributed by atoms with Gasteiger partial charge in [0.1, 0.15) is 23.8 Å². The number of amides is 2. The monoisotopic (exact) mass is 680 g/mol. The van der Waals surface area contributed by atoms with Gasteiger partial charge >= 0.3 is 15.6 Å². The van der Waals surface area contributed by atoms with Crippen LogP contribution in [0.1, 0.15) is 26.7 Å². The molecule has 8 atom stereocenters. The fourth-order valence-electron chi connectivity index (χ4n) is 6.01. The van der Waals surface area contributed by atoms with E-state index < -0.39 is 45.6 Å². The normalized spacial score (nSPS) is 34.4. The van der Waals surface area contributed by atoms with Crippen LogP contribution >= 0.6 is 15.6 Å². The molecule has 8 N–H and O–H groups in total. The molecule has 2 aliphatic carbocycles. The van der Waals surface area contributed by atoms with Crippen LogP contribution < -0.4 is 10.6 Å². The minimum absolute atomic E-state index is 0.141. The zero-order valence-corrected chi connectivity index (χ0v) is 26.2. The van der Waals surface area contributed by atoms with Crippen LogP contribution in [0, 0.1) is 11.8 Å². The minimum atomic E-state index is -4.63. The second-order valence-corrected chi connectivity index (χ2v) is 14.0. The average Bonchev–Trinajstić information content (AvgIpc) is 3.49. The van der Waals surface area contributed by atoms with Gasteiger partial charge in [0, 0.05) is 36.4 Å². The Morgan fingerprint density at radius 3 is 1.76 bits per heavy atom. The first-order valence-corrected chi connectivity index (χ1v) is 16.9. The van der Waals surface area contributed by atoms with E-state index in [-0.39, 0.29) is 61.4 Å². The molecule has 0 aromatic heterocycles. The molecule has 0 bridgehead atoms. The predicted molar refractivity (Wildman–Crippen MR) is 152 cm³/mol. The summed E-state index contributed by atoms with van der Waals surface area (Å²) >= 11 is 0. The molecule has 0 radical (unpaired) electrons. The highest BCUT2D eigenvalue weighted by Crippen LogP contribution is 2.46. The standard InChI is InChI=1S/C14H21N2O7P.C11H17N2O7P/c1-8-15-11(17)4-5-16(8)10-6-9(7-21-24(18,19)20)12-13(10)23-14(2,3)22-12;1-6-12-9(14)2-3-13(6)8-4-7(10(15)11(8)16)5-20-21(17,18)19/h4-5,9-10,12-13H,1,6-7H2,2-3H3,(H,15,17)(H2,18,19,20);2-3,7-8,10-11,15-16H,1,4-5H2,(H,12,14)(H2,17,18,19)/t9-,10-,12-,13?;7-,8-,10-,11?/m11/s1. The van der Waals surface area contributed by atoms with E-state index in [1.54, 1.807) is 24.9 Å². The summed E-state index contributed by atoms with van der Waals surface area (Å²) < 4.78 is 42.6. The van der Waals surface area contributed by atoms with E-state index in [2.05, 4.69) is 32.8 Å². The number of carbonyl (C=O) groups excluding carboxylic acids is 2. The highest BCUT2D eigenvalue weighted by molar-refractivity contribution is 7.46. The number of carbonyl (C=O) groups is 2. The summed E-state index contributed by atoms with van der Waals surface area (Å²) in [6, 6.07) is -0.763. The summed E-state index contributed by atoms with van der Waals surface area (Å²) in [7, 11) is -9.19. The van der Waals surface area contributed by atoms with Crippen molar-refractivity contribution in [1.29, 1.82) is 0 Å². The number of phosphoric ester groups is 2. The van der Waals surface area contributed by atoms with Crippen molar-refractivity contribution < 1.29 is 67.0 Å². The average molecular weight is 681 g/mol. The largest absolute Gasteiger partial charge is 0.469 e. The fraction of sp³-hybridized carbons (Fsp3) is 0.600. The third-order valence-electron chi connectivity index (χ3n) is 7.88. The molecule has 2 unspecified atom stereocenters. The maximum Gasteiger partial charge on any atom is 0.469 e. The first kappa shape index (κ1) is 35.4. The van der Waals surface area contributed by atoms with Gasteiger partial charge in [-0.2, -0.15) is 0 Å². The number of aliphatic hydroxyl groups is 2. The van der Waals surface area contributed by atoms with Crippen molar-refractivity contribution >= 4 is 27.5 Å². The molecule has 3 heterocycles. The molecule has 0 aromatic rings. The van der Waals surface area contributed by atoms with Crippen LogP contribution in [0.4, 0.5) is 0 Å². The maximum absolute atomic E-state index is 11.4. The Bertz CT molecular complexity index is 1340. The van der Waals surface area contributed by atoms with E-state index in [0.717, 1.165) is 0 Å². The molecule has 0 spiro atoms. The first-order chi connectivity index (χ1) is 20.7. The molecule has 20 heteroatoms. The van der Waals surface area contributed by atoms with Crippen LogP contribution in [-0.4, -0.2) is 107 Å². The first-order valence-electron chi connectivity index (χ1n) is 13.8. The lowest BCUT2D eigenvalue weighted by atomic mass is 10.1. The molecule has 0 aromatic carbocycles. The number of rotatable bonds is 8. The molecule has 5 aliphatic rings. The number of nitrogens with one attached hydrogen (secondary N) is 2. The third-order valence-corrected chi connectivity index (χ3v) is 8.85. The lowest BCUT2D eigenvalue weighted by Gasteiger charge is -2.34. The van der Waals surface area contributed by atoms with Gasteiger partial charge < -0.3 is 59.7 Å². The number of ether oxygens (including phenoxy) is 2. The van der Waals surface area contributed by atoms with Gasteiger partial charge in [-0.25, -0.2) is 9.13 Å². The Labute approximate surface area is 258 Å². The van der Waals surface area contributed by atoms with E-state index in [0.29, 0.717) is 12.2 Å². The maximum atomic E-state index is 11.4. The topological polar surface area (TPSA) is 257 Å². The van der Waals surface area contributed by atoms with Gasteiger partial charge in [-0.05, 0) is 26.7 Å². The summed E-state index contributed by atoms with van der Waals surface area (Å²) in [4.78, 5) is 61.1. The number of fused-ring (bicyclic) bond motifs is 1. The number of hydrogen-bond donors (Lipinski definition) is 8. The van der Waals surface area contributed by atoms with Crippen LogP contribution in [0.2, 0.25) is 0 Å². The summed E-state index contributed by atoms with van der Waals surface area (Å²) in [5.41, 5.74) is 0. The Balaban J connectivity index is 0.000000207. The van der Waals surface area contributed by atoms with Gasteiger partial charge in [-0.15, -0.1) is 0 Å². The molecule has 252 valence electrons. The van der Waals surface area contributed by atoms with Gasteiger partial charge in [0.15, 0.2) is 5.79 Å². The molecule has 5 rings (SSSR count). The summed E-state index contributed by atoms with van der Waals surface area (Å²) in [6.07, 6.45) is 3.41. The van der Waals surface area contributed by atoms with Crippen LogP contribution in [0.5, 0.6) is 0 Å².